The highest BCUT2D eigenvalue weighted by molar-refractivity contribution is 8.02. The van der Waals surface area contributed by atoms with Gasteiger partial charge < -0.3 is 5.11 Å². The molecule has 0 spiro atoms. The molecule has 0 saturated carbocycles. The molecular weight excluding hydrogens is 293 g/mol. The lowest BCUT2D eigenvalue weighted by Gasteiger charge is -2.02. The van der Waals surface area contributed by atoms with E-state index in [-0.39, 0.29) is 10.5 Å². The van der Waals surface area contributed by atoms with E-state index in [0.29, 0.717) is 13.0 Å². The first-order chi connectivity index (χ1) is 10.2. The SMILES string of the molecule is O=C(O)c1ccc(F)c(S/C=C/CC2=NCCC=NN2)c1. The number of carboxylic acids is 1. The number of hydrogen-bond acceptors (Lipinski definition) is 5. The van der Waals surface area contributed by atoms with Crippen LogP contribution in [0.15, 0.2) is 44.7 Å². The second kappa shape index (κ2) is 7.58. The van der Waals surface area contributed by atoms with Gasteiger partial charge in [-0.1, -0.05) is 17.8 Å². The number of carboxylic acid groups (broad SMARTS) is 1. The number of halogens is 1. The summed E-state index contributed by atoms with van der Waals surface area (Å²) in [5, 5.41) is 14.6. The van der Waals surface area contributed by atoms with E-state index in [1.54, 1.807) is 11.6 Å². The van der Waals surface area contributed by atoms with Crippen LogP contribution in [0.5, 0.6) is 0 Å². The molecule has 1 aromatic rings. The maximum absolute atomic E-state index is 13.6. The summed E-state index contributed by atoms with van der Waals surface area (Å²) in [4.78, 5) is 15.4. The van der Waals surface area contributed by atoms with Crippen molar-refractivity contribution < 1.29 is 14.3 Å². The van der Waals surface area contributed by atoms with Gasteiger partial charge in [0.25, 0.3) is 0 Å². The van der Waals surface area contributed by atoms with Crippen LogP contribution in [-0.4, -0.2) is 29.7 Å². The number of benzene rings is 1. The van der Waals surface area contributed by atoms with Crippen LogP contribution in [0.3, 0.4) is 0 Å². The molecule has 110 valence electrons. The lowest BCUT2D eigenvalue weighted by Crippen LogP contribution is -2.15. The van der Waals surface area contributed by atoms with Crippen LogP contribution in [0.4, 0.5) is 4.39 Å². The van der Waals surface area contributed by atoms with Gasteiger partial charge in [-0.3, -0.25) is 10.4 Å². The first kappa shape index (κ1) is 15.2. The standard InChI is InChI=1S/C14H14FN3O2S/c15-11-5-4-10(14(19)20)9-12(11)21-8-1-3-13-16-6-2-7-17-18-13/h1,4-5,7-9H,2-3,6H2,(H,16,18)(H,19,20)/b8-1+. The number of hydrogen-bond donors (Lipinski definition) is 2. The molecule has 0 fully saturated rings. The summed E-state index contributed by atoms with van der Waals surface area (Å²) < 4.78 is 13.6. The summed E-state index contributed by atoms with van der Waals surface area (Å²) in [6, 6.07) is 3.72. The molecule has 0 unspecified atom stereocenters. The third-order valence-electron chi connectivity index (χ3n) is 2.63. The summed E-state index contributed by atoms with van der Waals surface area (Å²) in [6.45, 7) is 0.697. The summed E-state index contributed by atoms with van der Waals surface area (Å²) >= 11 is 1.13. The monoisotopic (exact) mass is 307 g/mol. The van der Waals surface area contributed by atoms with Gasteiger partial charge in [-0.05, 0) is 23.6 Å². The van der Waals surface area contributed by atoms with Gasteiger partial charge in [-0.25, -0.2) is 9.18 Å². The average molecular weight is 307 g/mol. The molecule has 1 aliphatic rings. The number of nitrogens with one attached hydrogen (secondary N) is 1. The number of rotatable bonds is 5. The average Bonchev–Trinajstić information content (AvgIpc) is 2.73. The molecule has 21 heavy (non-hydrogen) atoms. The van der Waals surface area contributed by atoms with E-state index in [0.717, 1.165) is 30.1 Å². The molecular formula is C14H14FN3O2S. The van der Waals surface area contributed by atoms with Gasteiger partial charge in [0, 0.05) is 30.5 Å². The van der Waals surface area contributed by atoms with Gasteiger partial charge in [0.15, 0.2) is 0 Å². The molecule has 1 aromatic carbocycles. The molecule has 2 rings (SSSR count). The maximum atomic E-state index is 13.6. The van der Waals surface area contributed by atoms with Gasteiger partial charge in [-0.2, -0.15) is 5.10 Å². The number of nitrogens with zero attached hydrogens (tertiary/aromatic N) is 2. The Morgan fingerprint density at radius 1 is 1.52 bits per heavy atom. The minimum atomic E-state index is -1.07. The second-order valence-corrected chi connectivity index (χ2v) is 5.13. The van der Waals surface area contributed by atoms with Crippen molar-refractivity contribution in [3.8, 4) is 0 Å². The maximum Gasteiger partial charge on any atom is 0.335 e. The normalized spacial score (nSPS) is 14.6. The van der Waals surface area contributed by atoms with Crippen molar-refractivity contribution in [2.45, 2.75) is 17.7 Å². The minimum Gasteiger partial charge on any atom is -0.478 e. The number of thioether (sulfide) groups is 1. The van der Waals surface area contributed by atoms with Gasteiger partial charge in [0.2, 0.25) is 0 Å². The van der Waals surface area contributed by atoms with E-state index >= 15 is 0 Å². The van der Waals surface area contributed by atoms with E-state index in [1.165, 1.54) is 12.1 Å². The smallest absolute Gasteiger partial charge is 0.335 e. The summed E-state index contributed by atoms with van der Waals surface area (Å²) in [5.41, 5.74) is 2.89. The quantitative estimate of drug-likeness (QED) is 0.820. The second-order valence-electron chi connectivity index (χ2n) is 4.18. The van der Waals surface area contributed by atoms with E-state index in [1.807, 2.05) is 6.08 Å². The lowest BCUT2D eigenvalue weighted by atomic mass is 10.2. The first-order valence-electron chi connectivity index (χ1n) is 6.32. The van der Waals surface area contributed by atoms with Gasteiger partial charge in [0.05, 0.1) is 5.56 Å². The number of aliphatic imine (C=N–C) groups is 1. The zero-order valence-electron chi connectivity index (χ0n) is 11.1. The molecule has 0 radical (unpaired) electrons. The van der Waals surface area contributed by atoms with Crippen molar-refractivity contribution in [3.63, 3.8) is 0 Å². The Morgan fingerprint density at radius 3 is 3.19 bits per heavy atom. The zero-order chi connectivity index (χ0) is 15.1. The van der Waals surface area contributed by atoms with Gasteiger partial charge in [-0.15, -0.1) is 0 Å². The zero-order valence-corrected chi connectivity index (χ0v) is 11.9. The Kier molecular flexibility index (Phi) is 5.51. The molecule has 0 amide bonds. The predicted molar refractivity (Wildman–Crippen MR) is 81.5 cm³/mol. The van der Waals surface area contributed by atoms with Crippen LogP contribution < -0.4 is 5.43 Å². The third kappa shape index (κ3) is 4.71. The van der Waals surface area contributed by atoms with Crippen LogP contribution in [0.2, 0.25) is 0 Å². The first-order valence-corrected chi connectivity index (χ1v) is 7.20. The Balaban J connectivity index is 1.94. The van der Waals surface area contributed by atoms with E-state index in [4.69, 9.17) is 5.11 Å². The Hall–Kier alpha value is -2.15. The van der Waals surface area contributed by atoms with Crippen LogP contribution in [0.25, 0.3) is 0 Å². The van der Waals surface area contributed by atoms with Crippen LogP contribution >= 0.6 is 11.8 Å². The summed E-state index contributed by atoms with van der Waals surface area (Å²) in [5.74, 6) is -0.764. The van der Waals surface area contributed by atoms with Crippen molar-refractivity contribution in [1.82, 2.24) is 5.43 Å². The fraction of sp³-hybridized carbons (Fsp3) is 0.214. The number of hydrazone groups is 1. The lowest BCUT2D eigenvalue weighted by molar-refractivity contribution is 0.0696. The Bertz CT molecular complexity index is 614. The molecule has 2 N–H and O–H groups in total. The fourth-order valence-electron chi connectivity index (χ4n) is 1.60. The number of carbonyl (C=O) groups is 1. The van der Waals surface area contributed by atoms with Crippen LogP contribution in [0, 0.1) is 5.82 Å². The molecule has 1 heterocycles. The number of aromatic carboxylic acids is 1. The fourth-order valence-corrected chi connectivity index (χ4v) is 2.31. The predicted octanol–water partition coefficient (Wildman–Crippen LogP) is 2.90. The highest BCUT2D eigenvalue weighted by atomic mass is 32.2. The molecule has 0 aliphatic carbocycles. The molecule has 0 bridgehead atoms. The van der Waals surface area contributed by atoms with Gasteiger partial charge in [0.1, 0.15) is 11.7 Å². The van der Waals surface area contributed by atoms with E-state index < -0.39 is 11.8 Å². The van der Waals surface area contributed by atoms with E-state index in [2.05, 4.69) is 15.5 Å². The summed E-state index contributed by atoms with van der Waals surface area (Å²) in [7, 11) is 0. The highest BCUT2D eigenvalue weighted by Gasteiger charge is 2.07. The van der Waals surface area contributed by atoms with Crippen molar-refractivity contribution in [1.29, 1.82) is 0 Å². The van der Waals surface area contributed by atoms with E-state index in [9.17, 15) is 9.18 Å². The number of amidine groups is 1. The Morgan fingerprint density at radius 2 is 2.38 bits per heavy atom. The molecule has 1 aliphatic heterocycles. The minimum absolute atomic E-state index is 0.0662. The van der Waals surface area contributed by atoms with Gasteiger partial charge >= 0.3 is 5.97 Å². The third-order valence-corrected chi connectivity index (χ3v) is 3.52. The Labute approximate surface area is 125 Å². The highest BCUT2D eigenvalue weighted by Crippen LogP contribution is 2.24. The van der Waals surface area contributed by atoms with Crippen LogP contribution in [-0.2, 0) is 0 Å². The molecule has 0 saturated heterocycles. The topological polar surface area (TPSA) is 74.0 Å². The van der Waals surface area contributed by atoms with Crippen molar-refractivity contribution in [2.24, 2.45) is 10.1 Å². The van der Waals surface area contributed by atoms with Crippen LogP contribution in [0.1, 0.15) is 23.2 Å². The molecule has 7 heteroatoms. The van der Waals surface area contributed by atoms with Crippen molar-refractivity contribution in [2.75, 3.05) is 6.54 Å². The summed E-state index contributed by atoms with van der Waals surface area (Å²) in [6.07, 6.45) is 4.96. The molecule has 0 aromatic heterocycles. The molecule has 0 atom stereocenters. The van der Waals surface area contributed by atoms with Crippen molar-refractivity contribution >= 4 is 29.8 Å². The van der Waals surface area contributed by atoms with Crippen molar-refractivity contribution in [3.05, 3.63) is 41.1 Å². The molecule has 5 nitrogen and oxygen atoms in total. The largest absolute Gasteiger partial charge is 0.478 e.